The van der Waals surface area contributed by atoms with Crippen LogP contribution in [0.2, 0.25) is 0 Å². The molecule has 0 fully saturated rings. The second-order valence-electron chi connectivity index (χ2n) is 4.49. The molecule has 0 aliphatic carbocycles. The maximum Gasteiger partial charge on any atom is 0.317 e. The number of rotatable bonds is 6. The number of aliphatic carboxylic acids is 2. The van der Waals surface area contributed by atoms with Gasteiger partial charge >= 0.3 is 11.9 Å². The van der Waals surface area contributed by atoms with Gasteiger partial charge in [-0.25, -0.2) is 8.78 Å². The molecule has 1 aromatic carbocycles. The van der Waals surface area contributed by atoms with E-state index in [1.807, 2.05) is 0 Å². The lowest BCUT2D eigenvalue weighted by Crippen LogP contribution is -2.36. The fraction of sp³-hybridized carbons (Fsp3) is 0.385. The fourth-order valence-corrected chi connectivity index (χ4v) is 1.86. The van der Waals surface area contributed by atoms with Gasteiger partial charge in [0.25, 0.3) is 0 Å². The molecule has 1 unspecified atom stereocenters. The van der Waals surface area contributed by atoms with E-state index in [9.17, 15) is 18.4 Å². The Kier molecular flexibility index (Phi) is 5.15. The molecule has 7 heteroatoms. The molecule has 0 saturated carbocycles. The number of halogens is 2. The number of nitrogens with zero attached hydrogens (tertiary/aromatic N) is 1. The number of hydrogen-bond donors (Lipinski definition) is 2. The Bertz CT molecular complexity index is 517. The summed E-state index contributed by atoms with van der Waals surface area (Å²) in [5, 5.41) is 17.5. The second kappa shape index (κ2) is 6.42. The Morgan fingerprint density at radius 1 is 1.15 bits per heavy atom. The van der Waals surface area contributed by atoms with Crippen LogP contribution in [0.15, 0.2) is 12.1 Å². The molecule has 0 radical (unpaired) electrons. The third kappa shape index (κ3) is 3.99. The maximum atomic E-state index is 13.8. The summed E-state index contributed by atoms with van der Waals surface area (Å²) in [6, 6.07) is 1.09. The van der Waals surface area contributed by atoms with Gasteiger partial charge in [-0.2, -0.15) is 0 Å². The molecule has 0 bridgehead atoms. The van der Waals surface area contributed by atoms with Crippen molar-refractivity contribution in [3.05, 3.63) is 34.9 Å². The summed E-state index contributed by atoms with van der Waals surface area (Å²) in [6.45, 7) is 1.67. The van der Waals surface area contributed by atoms with Crippen LogP contribution >= 0.6 is 0 Å². The van der Waals surface area contributed by atoms with Crippen LogP contribution in [-0.4, -0.2) is 40.1 Å². The Balaban J connectivity index is 3.10. The van der Waals surface area contributed by atoms with Crippen LogP contribution in [0.25, 0.3) is 0 Å². The number of carboxylic acid groups (broad SMARTS) is 2. The van der Waals surface area contributed by atoms with Crippen molar-refractivity contribution in [2.24, 2.45) is 0 Å². The van der Waals surface area contributed by atoms with Gasteiger partial charge in [0.05, 0.1) is 13.1 Å². The van der Waals surface area contributed by atoms with Gasteiger partial charge in [0.2, 0.25) is 0 Å². The van der Waals surface area contributed by atoms with Gasteiger partial charge in [0.15, 0.2) is 0 Å². The van der Waals surface area contributed by atoms with E-state index in [-0.39, 0.29) is 11.1 Å². The first-order valence-corrected chi connectivity index (χ1v) is 5.85. The van der Waals surface area contributed by atoms with Crippen LogP contribution in [-0.2, 0) is 9.59 Å². The molecule has 0 spiro atoms. The zero-order valence-corrected chi connectivity index (χ0v) is 11.1. The van der Waals surface area contributed by atoms with Gasteiger partial charge in [0.1, 0.15) is 11.6 Å². The molecule has 1 rings (SSSR count). The fourth-order valence-electron chi connectivity index (χ4n) is 1.86. The molecule has 20 heavy (non-hydrogen) atoms. The van der Waals surface area contributed by atoms with Crippen LogP contribution in [0.3, 0.4) is 0 Å². The first-order valence-electron chi connectivity index (χ1n) is 5.85. The van der Waals surface area contributed by atoms with Crippen molar-refractivity contribution in [1.29, 1.82) is 0 Å². The molecule has 0 aliphatic rings. The monoisotopic (exact) mass is 287 g/mol. The molecule has 110 valence electrons. The van der Waals surface area contributed by atoms with E-state index in [2.05, 4.69) is 0 Å². The van der Waals surface area contributed by atoms with E-state index >= 15 is 0 Å². The molecular weight excluding hydrogens is 272 g/mol. The minimum atomic E-state index is -1.24. The summed E-state index contributed by atoms with van der Waals surface area (Å²) in [4.78, 5) is 22.5. The van der Waals surface area contributed by atoms with Crippen molar-refractivity contribution >= 4 is 11.9 Å². The number of hydrogen-bond acceptors (Lipinski definition) is 3. The van der Waals surface area contributed by atoms with Gasteiger partial charge in [-0.1, -0.05) is 0 Å². The highest BCUT2D eigenvalue weighted by molar-refractivity contribution is 5.72. The first-order chi connectivity index (χ1) is 9.22. The van der Waals surface area contributed by atoms with Crippen LogP contribution in [0, 0.1) is 18.6 Å². The molecule has 0 amide bonds. The normalized spacial score (nSPS) is 12.4. The second-order valence-corrected chi connectivity index (χ2v) is 4.49. The predicted octanol–water partition coefficient (Wildman–Crippen LogP) is 1.81. The molecule has 1 aromatic rings. The smallest absolute Gasteiger partial charge is 0.317 e. The van der Waals surface area contributed by atoms with Crippen molar-refractivity contribution in [3.8, 4) is 0 Å². The van der Waals surface area contributed by atoms with Gasteiger partial charge in [-0.15, -0.1) is 0 Å². The first kappa shape index (κ1) is 16.0. The number of benzene rings is 1. The largest absolute Gasteiger partial charge is 0.480 e. The lowest BCUT2D eigenvalue weighted by molar-refractivity contribution is -0.142. The van der Waals surface area contributed by atoms with Crippen LogP contribution < -0.4 is 0 Å². The quantitative estimate of drug-likeness (QED) is 0.834. The summed E-state index contributed by atoms with van der Waals surface area (Å²) in [6.07, 6.45) is 0. The number of aryl methyl sites for hydroxylation is 1. The summed E-state index contributed by atoms with van der Waals surface area (Å²) in [5.41, 5.74) is 0.0528. The van der Waals surface area contributed by atoms with E-state index in [1.54, 1.807) is 0 Å². The van der Waals surface area contributed by atoms with Crippen LogP contribution in [0.4, 0.5) is 8.78 Å². The molecule has 0 heterocycles. The summed E-state index contributed by atoms with van der Waals surface area (Å²) in [5.74, 6) is -3.81. The Morgan fingerprint density at radius 3 is 2.10 bits per heavy atom. The van der Waals surface area contributed by atoms with Crippen LogP contribution in [0.1, 0.15) is 24.1 Å². The highest BCUT2D eigenvalue weighted by Gasteiger charge is 2.24. The Labute approximate surface area is 114 Å². The topological polar surface area (TPSA) is 77.8 Å². The zero-order valence-electron chi connectivity index (χ0n) is 11.1. The minimum absolute atomic E-state index is 0.0735. The third-order valence-corrected chi connectivity index (χ3v) is 2.95. The number of carbonyl (C=O) groups is 2. The summed E-state index contributed by atoms with van der Waals surface area (Å²) >= 11 is 0. The van der Waals surface area contributed by atoms with Gasteiger partial charge in [-0.05, 0) is 31.5 Å². The van der Waals surface area contributed by atoms with Crippen molar-refractivity contribution in [3.63, 3.8) is 0 Å². The maximum absolute atomic E-state index is 13.8. The third-order valence-electron chi connectivity index (χ3n) is 2.95. The molecule has 1 atom stereocenters. The van der Waals surface area contributed by atoms with E-state index < -0.39 is 42.7 Å². The van der Waals surface area contributed by atoms with Gasteiger partial charge in [0, 0.05) is 11.6 Å². The molecule has 0 aliphatic heterocycles. The Morgan fingerprint density at radius 2 is 1.65 bits per heavy atom. The van der Waals surface area contributed by atoms with Crippen molar-refractivity contribution < 1.29 is 28.6 Å². The average Bonchev–Trinajstić information content (AvgIpc) is 2.31. The summed E-state index contributed by atoms with van der Waals surface area (Å²) < 4.78 is 27.3. The lowest BCUT2D eigenvalue weighted by Gasteiger charge is -2.26. The number of carboxylic acids is 2. The predicted molar refractivity (Wildman–Crippen MR) is 66.4 cm³/mol. The van der Waals surface area contributed by atoms with Crippen molar-refractivity contribution in [2.45, 2.75) is 19.9 Å². The van der Waals surface area contributed by atoms with Gasteiger partial charge < -0.3 is 10.2 Å². The molecule has 2 N–H and O–H groups in total. The summed E-state index contributed by atoms with van der Waals surface area (Å²) in [7, 11) is 0. The molecule has 5 nitrogen and oxygen atoms in total. The molecule has 0 saturated heterocycles. The molecular formula is C13H15F2NO4. The van der Waals surface area contributed by atoms with Crippen molar-refractivity contribution in [1.82, 2.24) is 4.90 Å². The highest BCUT2D eigenvalue weighted by atomic mass is 19.1. The van der Waals surface area contributed by atoms with E-state index in [1.165, 1.54) is 13.8 Å². The SMILES string of the molecule is Cc1cc(F)c(C(C)N(CC(=O)O)CC(=O)O)cc1F. The van der Waals surface area contributed by atoms with E-state index in [4.69, 9.17) is 10.2 Å². The highest BCUT2D eigenvalue weighted by Crippen LogP contribution is 2.25. The molecule has 0 aromatic heterocycles. The Hall–Kier alpha value is -2.02. The average molecular weight is 287 g/mol. The van der Waals surface area contributed by atoms with E-state index in [0.29, 0.717) is 0 Å². The van der Waals surface area contributed by atoms with Gasteiger partial charge in [-0.3, -0.25) is 14.5 Å². The minimum Gasteiger partial charge on any atom is -0.480 e. The van der Waals surface area contributed by atoms with Crippen LogP contribution in [0.5, 0.6) is 0 Å². The zero-order chi connectivity index (χ0) is 15.4. The van der Waals surface area contributed by atoms with E-state index in [0.717, 1.165) is 17.0 Å². The van der Waals surface area contributed by atoms with Crippen molar-refractivity contribution in [2.75, 3.05) is 13.1 Å². The lowest BCUT2D eigenvalue weighted by atomic mass is 10.0. The standard InChI is InChI=1S/C13H15F2NO4/c1-7-3-11(15)9(4-10(7)14)8(2)16(5-12(17)18)6-13(19)20/h3-4,8H,5-6H2,1-2H3,(H,17,18)(H,19,20).